The maximum atomic E-state index is 12.9. The Morgan fingerprint density at radius 2 is 1.83 bits per heavy atom. The molecule has 0 heterocycles. The van der Waals surface area contributed by atoms with Gasteiger partial charge in [-0.1, -0.05) is 25.6 Å². The summed E-state index contributed by atoms with van der Waals surface area (Å²) in [5.74, 6) is -0.670. The monoisotopic (exact) mass is 214 g/mol. The highest BCUT2D eigenvalue weighted by Crippen LogP contribution is 2.09. The van der Waals surface area contributed by atoms with Crippen LogP contribution in [0.25, 0.3) is 0 Å². The van der Waals surface area contributed by atoms with E-state index in [-0.39, 0.29) is 0 Å². The predicted octanol–water partition coefficient (Wildman–Crippen LogP) is 1.94. The van der Waals surface area contributed by atoms with Crippen LogP contribution in [0, 0.1) is 0 Å². The van der Waals surface area contributed by atoms with Crippen LogP contribution in [-0.4, -0.2) is 30.2 Å². The molecule has 0 fully saturated rings. The van der Waals surface area contributed by atoms with Crippen molar-refractivity contribution >= 4 is 18.3 Å². The van der Waals surface area contributed by atoms with Gasteiger partial charge in [0.05, 0.1) is 14.6 Å². The number of hydrogen-bond acceptors (Lipinski definition) is 0. The van der Waals surface area contributed by atoms with Crippen molar-refractivity contribution in [3.63, 3.8) is 0 Å². The van der Waals surface area contributed by atoms with E-state index in [0.717, 1.165) is 0 Å². The van der Waals surface area contributed by atoms with E-state index in [1.54, 1.807) is 0 Å². The molecule has 0 saturated heterocycles. The van der Waals surface area contributed by atoms with Gasteiger partial charge in [-0.3, -0.25) is 4.39 Å². The van der Waals surface area contributed by atoms with Crippen molar-refractivity contribution in [3.8, 4) is 0 Å². The number of halogens is 3. The summed E-state index contributed by atoms with van der Waals surface area (Å²) in [6.07, 6.45) is 1.19. The maximum Gasteiger partial charge on any atom is 0.214 e. The van der Waals surface area contributed by atoms with Gasteiger partial charge in [-0.05, 0) is 6.42 Å². The highest BCUT2D eigenvalue weighted by molar-refractivity contribution is 6.57. The highest BCUT2D eigenvalue weighted by atomic mass is 28.3. The normalized spacial score (nSPS) is 15.2. The Balaban J connectivity index is 3.20. The minimum atomic E-state index is -2.08. The molecule has 0 bridgehead atoms. The molecule has 0 aliphatic heterocycles. The van der Waals surface area contributed by atoms with Crippen molar-refractivity contribution in [1.29, 1.82) is 0 Å². The predicted molar refractivity (Wildman–Crippen MR) is 52.4 cm³/mol. The first kappa shape index (κ1) is 12.2. The van der Waals surface area contributed by atoms with Crippen LogP contribution < -0.4 is 0 Å². The highest BCUT2D eigenvalue weighted by Gasteiger charge is 2.12. The van der Waals surface area contributed by atoms with Gasteiger partial charge in [-0.25, -0.2) is 8.78 Å². The van der Waals surface area contributed by atoms with E-state index in [9.17, 15) is 13.2 Å². The second-order valence-corrected chi connectivity index (χ2v) is 8.55. The summed E-state index contributed by atoms with van der Waals surface area (Å²) in [5.41, 5.74) is 0. The van der Waals surface area contributed by atoms with Crippen molar-refractivity contribution < 1.29 is 13.2 Å². The fourth-order valence-corrected chi connectivity index (χ4v) is 2.76. The van der Waals surface area contributed by atoms with Gasteiger partial charge < -0.3 is 0 Å². The zero-order chi connectivity index (χ0) is 9.56. The zero-order valence-corrected chi connectivity index (χ0v) is 10.3. The van der Waals surface area contributed by atoms with E-state index >= 15 is 0 Å². The Hall–Kier alpha value is 0.224. The first-order valence-corrected chi connectivity index (χ1v) is 9.25. The standard InChI is InChI=1S/C7H17F3Si2/c1-12(2)6(8)4-3-5-11-7(9)10/h6-7,12H,3-5,11H2,1-2H3. The van der Waals surface area contributed by atoms with Crippen molar-refractivity contribution in [2.24, 2.45) is 0 Å². The van der Waals surface area contributed by atoms with Gasteiger partial charge in [0.15, 0.2) is 0 Å². The fraction of sp³-hybridized carbons (Fsp3) is 1.00. The molecule has 0 aliphatic carbocycles. The third-order valence-electron chi connectivity index (χ3n) is 1.88. The van der Waals surface area contributed by atoms with Gasteiger partial charge in [-0.15, -0.1) is 0 Å². The molecule has 5 heteroatoms. The summed E-state index contributed by atoms with van der Waals surface area (Å²) in [6.45, 7) is 3.91. The van der Waals surface area contributed by atoms with E-state index in [2.05, 4.69) is 0 Å². The van der Waals surface area contributed by atoms with Crippen LogP contribution in [0.5, 0.6) is 0 Å². The fourth-order valence-electron chi connectivity index (χ4n) is 0.971. The molecule has 0 rings (SSSR count). The van der Waals surface area contributed by atoms with E-state index < -0.39 is 30.2 Å². The van der Waals surface area contributed by atoms with Crippen LogP contribution in [0.15, 0.2) is 0 Å². The quantitative estimate of drug-likeness (QED) is 0.468. The first-order valence-electron chi connectivity index (χ1n) is 4.46. The topological polar surface area (TPSA) is 0 Å². The molecule has 0 aromatic rings. The van der Waals surface area contributed by atoms with E-state index in [1.165, 1.54) is 0 Å². The zero-order valence-electron chi connectivity index (χ0n) is 7.69. The Bertz CT molecular complexity index is 109. The molecular weight excluding hydrogens is 197 g/mol. The number of alkyl halides is 3. The van der Waals surface area contributed by atoms with Crippen LogP contribution in [0.2, 0.25) is 19.1 Å². The average Bonchev–Trinajstić information content (AvgIpc) is 1.97. The molecule has 74 valence electrons. The maximum absolute atomic E-state index is 12.9. The lowest BCUT2D eigenvalue weighted by Crippen LogP contribution is -2.19. The smallest absolute Gasteiger partial charge is 0.214 e. The SMILES string of the molecule is C[SiH](C)C(F)CCC[SiH2]C(F)F. The third-order valence-corrected chi connectivity index (χ3v) is 5.00. The van der Waals surface area contributed by atoms with Crippen molar-refractivity contribution in [2.75, 3.05) is 0 Å². The van der Waals surface area contributed by atoms with Crippen LogP contribution in [0.4, 0.5) is 13.2 Å². The molecule has 0 amide bonds. The van der Waals surface area contributed by atoms with Gasteiger partial charge in [0.2, 0.25) is 6.05 Å². The van der Waals surface area contributed by atoms with Crippen LogP contribution in [0.3, 0.4) is 0 Å². The molecule has 0 N–H and O–H groups in total. The van der Waals surface area contributed by atoms with Gasteiger partial charge in [0.25, 0.3) is 0 Å². The van der Waals surface area contributed by atoms with Gasteiger partial charge in [0, 0.05) is 0 Å². The lowest BCUT2D eigenvalue weighted by molar-refractivity contribution is 0.237. The number of hydrogen-bond donors (Lipinski definition) is 0. The molecule has 1 atom stereocenters. The van der Waals surface area contributed by atoms with Crippen LogP contribution >= 0.6 is 0 Å². The molecule has 1 unspecified atom stereocenters. The summed E-state index contributed by atoms with van der Waals surface area (Å²) >= 11 is 0. The van der Waals surface area contributed by atoms with Gasteiger partial charge in [-0.2, -0.15) is 0 Å². The largest absolute Gasteiger partial charge is 0.252 e. The summed E-state index contributed by atoms with van der Waals surface area (Å²) in [6, 6.07) is -1.49. The Kier molecular flexibility index (Phi) is 6.83. The minimum absolute atomic E-state index is 0.517. The summed E-state index contributed by atoms with van der Waals surface area (Å²) in [5, 5.41) is 0. The minimum Gasteiger partial charge on any atom is -0.252 e. The summed E-state index contributed by atoms with van der Waals surface area (Å²) in [4.78, 5) is 0. The number of rotatable bonds is 6. The Morgan fingerprint density at radius 1 is 1.25 bits per heavy atom. The first-order chi connectivity index (χ1) is 5.54. The molecular formula is C7H17F3Si2. The lowest BCUT2D eigenvalue weighted by atomic mass is 10.4. The second kappa shape index (κ2) is 6.71. The van der Waals surface area contributed by atoms with Crippen molar-refractivity contribution in [2.45, 2.75) is 43.8 Å². The molecule has 0 spiro atoms. The lowest BCUT2D eigenvalue weighted by Gasteiger charge is -2.09. The summed E-state index contributed by atoms with van der Waals surface area (Å²) in [7, 11) is -2.38. The Morgan fingerprint density at radius 3 is 2.25 bits per heavy atom. The van der Waals surface area contributed by atoms with Crippen molar-refractivity contribution in [1.82, 2.24) is 0 Å². The van der Waals surface area contributed by atoms with E-state index in [0.29, 0.717) is 18.9 Å². The Labute approximate surface area is 76.0 Å². The van der Waals surface area contributed by atoms with Gasteiger partial charge in [0.1, 0.15) is 9.52 Å². The molecule has 0 nitrogen and oxygen atoms in total. The van der Waals surface area contributed by atoms with Crippen LogP contribution in [0.1, 0.15) is 12.8 Å². The van der Waals surface area contributed by atoms with Gasteiger partial charge >= 0.3 is 0 Å². The van der Waals surface area contributed by atoms with Crippen LogP contribution in [-0.2, 0) is 0 Å². The molecule has 0 radical (unpaired) electrons. The molecule has 0 aliphatic rings. The van der Waals surface area contributed by atoms with Crippen molar-refractivity contribution in [3.05, 3.63) is 0 Å². The molecule has 12 heavy (non-hydrogen) atoms. The summed E-state index contributed by atoms with van der Waals surface area (Å²) < 4.78 is 36.3. The molecule has 0 aromatic heterocycles. The van der Waals surface area contributed by atoms with E-state index in [1.807, 2.05) is 13.1 Å². The molecule has 0 saturated carbocycles. The van der Waals surface area contributed by atoms with E-state index in [4.69, 9.17) is 0 Å². The molecule has 0 aromatic carbocycles. The third kappa shape index (κ3) is 6.90. The second-order valence-electron chi connectivity index (χ2n) is 3.44. The average molecular weight is 214 g/mol.